The largest absolute Gasteiger partial charge is 0.356 e. The van der Waals surface area contributed by atoms with Crippen molar-refractivity contribution < 1.29 is 0 Å². The molecule has 0 aliphatic rings. The van der Waals surface area contributed by atoms with Gasteiger partial charge in [0, 0.05) is 27.2 Å². The molecule has 0 radical (unpaired) electrons. The van der Waals surface area contributed by atoms with Gasteiger partial charge >= 0.3 is 0 Å². The average Bonchev–Trinajstić information content (AvgIpc) is 2.48. The molecule has 120 valence electrons. The molecule has 0 aromatic heterocycles. The molecule has 5 heteroatoms. The van der Waals surface area contributed by atoms with Crippen LogP contribution in [-0.2, 0) is 13.0 Å². The summed E-state index contributed by atoms with van der Waals surface area (Å²) in [5.74, 6) is 2.15. The van der Waals surface area contributed by atoms with Gasteiger partial charge in [-0.2, -0.15) is 11.8 Å². The van der Waals surface area contributed by atoms with Crippen LogP contribution in [0.4, 0.5) is 0 Å². The first-order chi connectivity index (χ1) is 9.71. The summed E-state index contributed by atoms with van der Waals surface area (Å²) in [5.41, 5.74) is 2.70. The van der Waals surface area contributed by atoms with Gasteiger partial charge in [0.15, 0.2) is 5.96 Å². The van der Waals surface area contributed by atoms with Crippen LogP contribution in [0.15, 0.2) is 29.3 Å². The lowest BCUT2D eigenvalue weighted by Crippen LogP contribution is -2.39. The van der Waals surface area contributed by atoms with Gasteiger partial charge in [-0.3, -0.25) is 4.99 Å². The molecule has 3 nitrogen and oxygen atoms in total. The Hall–Kier alpha value is -0.430. The Morgan fingerprint density at radius 1 is 1.24 bits per heavy atom. The summed E-state index contributed by atoms with van der Waals surface area (Å²) in [5, 5.41) is 3.41. The molecule has 1 aromatic rings. The molecule has 0 heterocycles. The summed E-state index contributed by atoms with van der Waals surface area (Å²) in [6.45, 7) is 4.04. The molecule has 0 spiro atoms. The van der Waals surface area contributed by atoms with Crippen molar-refractivity contribution in [3.63, 3.8) is 0 Å². The third-order valence-corrected chi connectivity index (χ3v) is 3.93. The van der Waals surface area contributed by atoms with E-state index < -0.39 is 0 Å². The van der Waals surface area contributed by atoms with Crippen LogP contribution in [0.3, 0.4) is 0 Å². The van der Waals surface area contributed by atoms with E-state index in [1.807, 2.05) is 18.8 Å². The molecule has 0 aliphatic carbocycles. The van der Waals surface area contributed by atoms with Crippen molar-refractivity contribution in [3.05, 3.63) is 35.4 Å². The van der Waals surface area contributed by atoms with Crippen LogP contribution in [0.2, 0.25) is 0 Å². The third kappa shape index (κ3) is 7.95. The van der Waals surface area contributed by atoms with Gasteiger partial charge in [-0.1, -0.05) is 31.2 Å². The Kier molecular flexibility index (Phi) is 11.9. The van der Waals surface area contributed by atoms with Gasteiger partial charge in [0.2, 0.25) is 0 Å². The zero-order valence-electron chi connectivity index (χ0n) is 13.6. The molecule has 0 fully saturated rings. The number of guanidine groups is 1. The number of hydrogen-bond acceptors (Lipinski definition) is 2. The summed E-state index contributed by atoms with van der Waals surface area (Å²) in [6.07, 6.45) is 4.40. The standard InChI is InChI=1S/C16H27N3S.HI/c1-5-14-7-9-15(10-8-14)13-19(3)16(17-2)18-11-6-12-20-4;/h7-10H,5-6,11-13H2,1-4H3,(H,17,18);1H. The van der Waals surface area contributed by atoms with E-state index in [0.717, 1.165) is 25.5 Å². The quantitative estimate of drug-likeness (QED) is 0.315. The van der Waals surface area contributed by atoms with Gasteiger partial charge in [0.25, 0.3) is 0 Å². The summed E-state index contributed by atoms with van der Waals surface area (Å²) >= 11 is 1.88. The first-order valence-corrected chi connectivity index (χ1v) is 8.59. The van der Waals surface area contributed by atoms with Crippen molar-refractivity contribution in [3.8, 4) is 0 Å². The van der Waals surface area contributed by atoms with Crippen molar-refractivity contribution >= 4 is 41.7 Å². The predicted octanol–water partition coefficient (Wildman–Crippen LogP) is 3.63. The Bertz CT molecular complexity index is 406. The van der Waals surface area contributed by atoms with Gasteiger partial charge in [0.05, 0.1) is 0 Å². The number of nitrogens with zero attached hydrogens (tertiary/aromatic N) is 2. The molecule has 0 saturated carbocycles. The summed E-state index contributed by atoms with van der Waals surface area (Å²) < 4.78 is 0. The molecule has 0 bridgehead atoms. The van der Waals surface area contributed by atoms with Crippen molar-refractivity contribution in [1.29, 1.82) is 0 Å². The van der Waals surface area contributed by atoms with E-state index in [1.54, 1.807) is 0 Å². The van der Waals surface area contributed by atoms with E-state index in [2.05, 4.69) is 59.7 Å². The van der Waals surface area contributed by atoms with Gasteiger partial charge in [-0.05, 0) is 36.0 Å². The minimum Gasteiger partial charge on any atom is -0.356 e. The number of nitrogens with one attached hydrogen (secondary N) is 1. The molecule has 1 N–H and O–H groups in total. The molecular formula is C16H28IN3S. The third-order valence-electron chi connectivity index (χ3n) is 3.23. The van der Waals surface area contributed by atoms with Crippen LogP contribution in [0.25, 0.3) is 0 Å². The average molecular weight is 421 g/mol. The molecule has 0 atom stereocenters. The lowest BCUT2D eigenvalue weighted by atomic mass is 10.1. The number of thioether (sulfide) groups is 1. The number of halogens is 1. The first-order valence-electron chi connectivity index (χ1n) is 7.19. The van der Waals surface area contributed by atoms with E-state index in [9.17, 15) is 0 Å². The Balaban J connectivity index is 0.00000400. The molecule has 0 saturated heterocycles. The highest BCUT2D eigenvalue weighted by atomic mass is 127. The maximum atomic E-state index is 4.34. The fraction of sp³-hybridized carbons (Fsp3) is 0.562. The van der Waals surface area contributed by atoms with E-state index in [-0.39, 0.29) is 24.0 Å². The molecule has 1 aromatic carbocycles. The second-order valence-corrected chi connectivity index (χ2v) is 5.83. The number of aliphatic imine (C=N–C) groups is 1. The van der Waals surface area contributed by atoms with Crippen LogP contribution in [0.1, 0.15) is 24.5 Å². The number of hydrogen-bond donors (Lipinski definition) is 1. The van der Waals surface area contributed by atoms with Gasteiger partial charge in [-0.25, -0.2) is 0 Å². The number of benzene rings is 1. The second-order valence-electron chi connectivity index (χ2n) is 4.85. The molecular weight excluding hydrogens is 393 g/mol. The zero-order chi connectivity index (χ0) is 14.8. The Morgan fingerprint density at radius 3 is 2.38 bits per heavy atom. The zero-order valence-corrected chi connectivity index (χ0v) is 16.7. The maximum absolute atomic E-state index is 4.34. The van der Waals surface area contributed by atoms with Crippen molar-refractivity contribution in [2.24, 2.45) is 4.99 Å². The lowest BCUT2D eigenvalue weighted by molar-refractivity contribution is 0.477. The van der Waals surface area contributed by atoms with E-state index in [4.69, 9.17) is 0 Å². The highest BCUT2D eigenvalue weighted by molar-refractivity contribution is 14.0. The molecule has 0 amide bonds. The topological polar surface area (TPSA) is 27.6 Å². The lowest BCUT2D eigenvalue weighted by Gasteiger charge is -2.22. The summed E-state index contributed by atoms with van der Waals surface area (Å²) in [4.78, 5) is 6.51. The fourth-order valence-corrected chi connectivity index (χ4v) is 2.46. The van der Waals surface area contributed by atoms with Gasteiger partial charge in [-0.15, -0.1) is 24.0 Å². The highest BCUT2D eigenvalue weighted by Gasteiger charge is 2.05. The Morgan fingerprint density at radius 2 is 1.86 bits per heavy atom. The normalized spacial score (nSPS) is 11.0. The van der Waals surface area contributed by atoms with Crippen LogP contribution in [-0.4, -0.2) is 43.5 Å². The van der Waals surface area contributed by atoms with Gasteiger partial charge < -0.3 is 10.2 Å². The summed E-state index contributed by atoms with van der Waals surface area (Å²) in [6, 6.07) is 8.82. The van der Waals surface area contributed by atoms with Crippen molar-refractivity contribution in [1.82, 2.24) is 10.2 Å². The van der Waals surface area contributed by atoms with Crippen LogP contribution >= 0.6 is 35.7 Å². The highest BCUT2D eigenvalue weighted by Crippen LogP contribution is 2.07. The second kappa shape index (κ2) is 12.1. The fourth-order valence-electron chi connectivity index (χ4n) is 2.03. The minimum atomic E-state index is 0. The van der Waals surface area contributed by atoms with Crippen LogP contribution in [0, 0.1) is 0 Å². The maximum Gasteiger partial charge on any atom is 0.193 e. The monoisotopic (exact) mass is 421 g/mol. The number of rotatable bonds is 7. The minimum absolute atomic E-state index is 0. The number of aryl methyl sites for hydroxylation is 1. The molecule has 0 aliphatic heterocycles. The molecule has 1 rings (SSSR count). The predicted molar refractivity (Wildman–Crippen MR) is 107 cm³/mol. The van der Waals surface area contributed by atoms with Crippen LogP contribution in [0.5, 0.6) is 0 Å². The van der Waals surface area contributed by atoms with Crippen molar-refractivity contribution in [2.75, 3.05) is 32.6 Å². The van der Waals surface area contributed by atoms with E-state index in [0.29, 0.717) is 0 Å². The molecule has 0 unspecified atom stereocenters. The molecule has 21 heavy (non-hydrogen) atoms. The Labute approximate surface area is 151 Å². The smallest absolute Gasteiger partial charge is 0.193 e. The summed E-state index contributed by atoms with van der Waals surface area (Å²) in [7, 11) is 3.92. The van der Waals surface area contributed by atoms with Crippen LogP contribution < -0.4 is 5.32 Å². The van der Waals surface area contributed by atoms with Crippen molar-refractivity contribution in [2.45, 2.75) is 26.3 Å². The first kappa shape index (κ1) is 20.6. The van der Waals surface area contributed by atoms with E-state index >= 15 is 0 Å². The van der Waals surface area contributed by atoms with Gasteiger partial charge in [0.1, 0.15) is 0 Å². The SMILES string of the molecule is CCc1ccc(CN(C)C(=NC)NCCCSC)cc1.I. The van der Waals surface area contributed by atoms with E-state index in [1.165, 1.54) is 23.3 Å².